The molecule has 2 aromatic carbocycles. The van der Waals surface area contributed by atoms with Crippen LogP contribution >= 0.6 is 0 Å². The summed E-state index contributed by atoms with van der Waals surface area (Å²) in [6, 6.07) is 12.8. The van der Waals surface area contributed by atoms with E-state index in [1.807, 2.05) is 30.3 Å². The van der Waals surface area contributed by atoms with Gasteiger partial charge in [0.25, 0.3) is 0 Å². The molecule has 2 heterocycles. The number of aryl methyl sites for hydroxylation is 1. The Hall–Kier alpha value is -2.64. The first-order valence-corrected chi connectivity index (χ1v) is 12.2. The number of nitrogens with zero attached hydrogens (tertiary/aromatic N) is 3. The number of methoxy groups -OCH3 is 1. The van der Waals surface area contributed by atoms with E-state index in [0.717, 1.165) is 61.3 Å². The lowest BCUT2D eigenvalue weighted by molar-refractivity contribution is 0.271. The van der Waals surface area contributed by atoms with Crippen molar-refractivity contribution in [3.63, 3.8) is 0 Å². The highest BCUT2D eigenvalue weighted by Crippen LogP contribution is 2.37. The molecule has 1 saturated heterocycles. The van der Waals surface area contributed by atoms with Gasteiger partial charge in [-0.05, 0) is 48.9 Å². The zero-order valence-electron chi connectivity index (χ0n) is 18.3. The van der Waals surface area contributed by atoms with E-state index in [-0.39, 0.29) is 4.90 Å². The van der Waals surface area contributed by atoms with E-state index in [4.69, 9.17) is 4.74 Å². The molecule has 31 heavy (non-hydrogen) atoms. The molecule has 0 spiro atoms. The zero-order chi connectivity index (χ0) is 22.0. The van der Waals surface area contributed by atoms with Crippen molar-refractivity contribution in [3.05, 3.63) is 54.2 Å². The molecule has 0 amide bonds. The number of ether oxygens (including phenoxy) is 1. The van der Waals surface area contributed by atoms with Crippen LogP contribution in [-0.2, 0) is 16.3 Å². The maximum absolute atomic E-state index is 13.7. The van der Waals surface area contributed by atoms with Crippen molar-refractivity contribution in [2.45, 2.75) is 30.1 Å². The summed E-state index contributed by atoms with van der Waals surface area (Å²) in [4.78, 5) is 9.60. The van der Waals surface area contributed by atoms with Crippen LogP contribution in [0, 0.1) is 0 Å². The highest BCUT2D eigenvalue weighted by atomic mass is 32.2. The summed E-state index contributed by atoms with van der Waals surface area (Å²) < 4.78 is 32.8. The fourth-order valence-corrected chi connectivity index (χ4v) is 5.54. The first kappa shape index (κ1) is 21.6. The first-order valence-electron chi connectivity index (χ1n) is 10.8. The van der Waals surface area contributed by atoms with Gasteiger partial charge in [0.05, 0.1) is 23.2 Å². The summed E-state index contributed by atoms with van der Waals surface area (Å²) >= 11 is 0. The van der Waals surface area contributed by atoms with Gasteiger partial charge in [-0.1, -0.05) is 26.0 Å². The van der Waals surface area contributed by atoms with E-state index in [1.54, 1.807) is 19.2 Å². The SMILES string of the molecule is CCc1ccc(S(=O)(=O)c2cnc3ccc(OC)cc3c2N2CCN(CC)CC2)cc1. The molecule has 7 heteroatoms. The number of benzene rings is 2. The third kappa shape index (κ3) is 4.12. The molecular formula is C24H29N3O3S. The second kappa shape index (κ2) is 8.85. The van der Waals surface area contributed by atoms with Crippen LogP contribution in [0.4, 0.5) is 5.69 Å². The summed E-state index contributed by atoms with van der Waals surface area (Å²) in [5, 5.41) is 0.801. The van der Waals surface area contributed by atoms with Crippen molar-refractivity contribution in [3.8, 4) is 5.75 Å². The third-order valence-electron chi connectivity index (χ3n) is 6.08. The summed E-state index contributed by atoms with van der Waals surface area (Å²) in [6.45, 7) is 8.52. The van der Waals surface area contributed by atoms with Gasteiger partial charge in [-0.2, -0.15) is 0 Å². The van der Waals surface area contributed by atoms with Crippen LogP contribution in [0.3, 0.4) is 0 Å². The number of anilines is 1. The Morgan fingerprint density at radius 3 is 2.32 bits per heavy atom. The second-order valence-electron chi connectivity index (χ2n) is 7.78. The summed E-state index contributed by atoms with van der Waals surface area (Å²) in [6.07, 6.45) is 2.38. The fraction of sp³-hybridized carbons (Fsp3) is 0.375. The lowest BCUT2D eigenvalue weighted by atomic mass is 10.1. The molecule has 0 aliphatic carbocycles. The monoisotopic (exact) mass is 439 g/mol. The molecule has 0 atom stereocenters. The predicted octanol–water partition coefficient (Wildman–Crippen LogP) is 3.78. The third-order valence-corrected chi connectivity index (χ3v) is 7.85. The van der Waals surface area contributed by atoms with Gasteiger partial charge in [0, 0.05) is 37.8 Å². The molecule has 1 aromatic heterocycles. The Labute approximate surface area is 184 Å². The molecule has 4 rings (SSSR count). The minimum absolute atomic E-state index is 0.252. The molecule has 0 N–H and O–H groups in total. The number of fused-ring (bicyclic) bond motifs is 1. The number of sulfone groups is 1. The van der Waals surface area contributed by atoms with Crippen molar-refractivity contribution in [1.29, 1.82) is 0 Å². The lowest BCUT2D eigenvalue weighted by Gasteiger charge is -2.36. The van der Waals surface area contributed by atoms with Gasteiger partial charge >= 0.3 is 0 Å². The molecule has 6 nitrogen and oxygen atoms in total. The van der Waals surface area contributed by atoms with Crippen LogP contribution in [0.25, 0.3) is 10.9 Å². The van der Waals surface area contributed by atoms with Gasteiger partial charge in [0.2, 0.25) is 9.84 Å². The maximum Gasteiger partial charge on any atom is 0.210 e. The Morgan fingerprint density at radius 1 is 1.00 bits per heavy atom. The van der Waals surface area contributed by atoms with E-state index in [0.29, 0.717) is 10.6 Å². The maximum atomic E-state index is 13.7. The molecule has 0 saturated carbocycles. The molecule has 3 aromatic rings. The largest absolute Gasteiger partial charge is 0.497 e. The van der Waals surface area contributed by atoms with Crippen LogP contribution in [0.1, 0.15) is 19.4 Å². The van der Waals surface area contributed by atoms with Crippen molar-refractivity contribution >= 4 is 26.4 Å². The van der Waals surface area contributed by atoms with E-state index in [1.165, 1.54) is 6.20 Å². The van der Waals surface area contributed by atoms with Crippen molar-refractivity contribution in [2.24, 2.45) is 0 Å². The highest BCUT2D eigenvalue weighted by Gasteiger charge is 2.28. The molecule has 0 radical (unpaired) electrons. The highest BCUT2D eigenvalue weighted by molar-refractivity contribution is 7.91. The van der Waals surface area contributed by atoms with Crippen molar-refractivity contribution in [1.82, 2.24) is 9.88 Å². The molecule has 0 unspecified atom stereocenters. The van der Waals surface area contributed by atoms with Crippen molar-refractivity contribution in [2.75, 3.05) is 44.7 Å². The van der Waals surface area contributed by atoms with E-state index in [2.05, 4.69) is 28.6 Å². The van der Waals surface area contributed by atoms with Crippen LogP contribution < -0.4 is 9.64 Å². The average Bonchev–Trinajstić information content (AvgIpc) is 2.83. The normalized spacial score (nSPS) is 15.4. The van der Waals surface area contributed by atoms with Crippen LogP contribution in [-0.4, -0.2) is 58.1 Å². The Morgan fingerprint density at radius 2 is 1.71 bits per heavy atom. The Bertz CT molecular complexity index is 1170. The number of hydrogen-bond donors (Lipinski definition) is 0. The van der Waals surface area contributed by atoms with E-state index >= 15 is 0 Å². The number of aromatic nitrogens is 1. The summed E-state index contributed by atoms with van der Waals surface area (Å²) in [5.74, 6) is 0.685. The molecule has 1 aliphatic heterocycles. The average molecular weight is 440 g/mol. The first-order chi connectivity index (χ1) is 15.0. The molecular weight excluding hydrogens is 410 g/mol. The standard InChI is InChI=1S/C24H29N3O3S/c1-4-18-6-9-20(10-7-18)31(28,29)23-17-25-22-11-8-19(30-3)16-21(22)24(23)27-14-12-26(5-2)13-15-27/h6-11,16-17H,4-5,12-15H2,1-3H3. The number of likely N-dealkylation sites (N-methyl/N-ethyl adjacent to an activating group) is 1. The second-order valence-corrected chi connectivity index (χ2v) is 9.69. The zero-order valence-corrected chi connectivity index (χ0v) is 19.2. The molecule has 1 fully saturated rings. The molecule has 0 bridgehead atoms. The fourth-order valence-electron chi connectivity index (χ4n) is 4.11. The molecule has 1 aliphatic rings. The smallest absolute Gasteiger partial charge is 0.210 e. The summed E-state index contributed by atoms with van der Waals surface area (Å²) in [5.41, 5.74) is 2.59. The summed E-state index contributed by atoms with van der Waals surface area (Å²) in [7, 11) is -2.12. The van der Waals surface area contributed by atoms with Crippen molar-refractivity contribution < 1.29 is 13.2 Å². The number of piperazine rings is 1. The minimum Gasteiger partial charge on any atom is -0.497 e. The van der Waals surface area contributed by atoms with E-state index < -0.39 is 9.84 Å². The predicted molar refractivity (Wildman–Crippen MR) is 124 cm³/mol. The van der Waals surface area contributed by atoms with Gasteiger partial charge in [-0.25, -0.2) is 8.42 Å². The van der Waals surface area contributed by atoms with Crippen LogP contribution in [0.5, 0.6) is 5.75 Å². The van der Waals surface area contributed by atoms with Gasteiger partial charge < -0.3 is 14.5 Å². The molecule has 164 valence electrons. The Kier molecular flexibility index (Phi) is 6.16. The van der Waals surface area contributed by atoms with Crippen LogP contribution in [0.2, 0.25) is 0 Å². The number of rotatable bonds is 6. The van der Waals surface area contributed by atoms with Gasteiger partial charge in [-0.3, -0.25) is 4.98 Å². The quantitative estimate of drug-likeness (QED) is 0.583. The van der Waals surface area contributed by atoms with Gasteiger partial charge in [0.15, 0.2) is 0 Å². The minimum atomic E-state index is -3.73. The topological polar surface area (TPSA) is 62.7 Å². The lowest BCUT2D eigenvalue weighted by Crippen LogP contribution is -2.46. The number of hydrogen-bond acceptors (Lipinski definition) is 6. The number of pyridine rings is 1. The van der Waals surface area contributed by atoms with Gasteiger partial charge in [-0.15, -0.1) is 0 Å². The van der Waals surface area contributed by atoms with E-state index in [9.17, 15) is 8.42 Å². The Balaban J connectivity index is 1.89. The van der Waals surface area contributed by atoms with Gasteiger partial charge in [0.1, 0.15) is 10.6 Å². The van der Waals surface area contributed by atoms with Crippen LogP contribution in [0.15, 0.2) is 58.5 Å².